The lowest BCUT2D eigenvalue weighted by Crippen LogP contribution is -2.32. The van der Waals surface area contributed by atoms with Crippen LogP contribution in [0.4, 0.5) is 5.82 Å². The predicted octanol–water partition coefficient (Wildman–Crippen LogP) is 2.26. The van der Waals surface area contributed by atoms with Gasteiger partial charge < -0.3 is 15.2 Å². The first-order valence-electron chi connectivity index (χ1n) is 6.79. The van der Waals surface area contributed by atoms with Crippen molar-refractivity contribution < 1.29 is 14.6 Å². The second-order valence-electron chi connectivity index (χ2n) is 5.09. The third kappa shape index (κ3) is 3.90. The van der Waals surface area contributed by atoms with Crippen LogP contribution in [0.3, 0.4) is 0 Å². The average Bonchev–Trinajstić information content (AvgIpc) is 2.37. The number of nitrogens with zero attached hydrogens (tertiary/aromatic N) is 2. The molecule has 0 aliphatic heterocycles. The summed E-state index contributed by atoms with van der Waals surface area (Å²) in [6.07, 6.45) is 0. The zero-order valence-electron chi connectivity index (χ0n) is 12.7. The van der Waals surface area contributed by atoms with Crippen LogP contribution in [0, 0.1) is 19.8 Å². The summed E-state index contributed by atoms with van der Waals surface area (Å²) in [4.78, 5) is 11.4. The minimum Gasteiger partial charge on any atom is -0.478 e. The third-order valence-corrected chi connectivity index (χ3v) is 3.30. The Balaban J connectivity index is 3.06. The number of rotatable bonds is 7. The molecule has 0 radical (unpaired) electrons. The van der Waals surface area contributed by atoms with Crippen molar-refractivity contribution in [2.24, 2.45) is 5.92 Å². The van der Waals surface area contributed by atoms with Gasteiger partial charge in [-0.25, -0.2) is 4.79 Å². The maximum absolute atomic E-state index is 11.4. The lowest BCUT2D eigenvalue weighted by atomic mass is 10.0. The van der Waals surface area contributed by atoms with E-state index in [2.05, 4.69) is 15.5 Å². The molecule has 6 nitrogen and oxygen atoms in total. The number of carboxylic acid groups (broad SMARTS) is 1. The molecule has 20 heavy (non-hydrogen) atoms. The molecule has 0 aliphatic carbocycles. The molecule has 1 heterocycles. The number of carbonyl (C=O) groups is 1. The molecule has 1 unspecified atom stereocenters. The average molecular weight is 281 g/mol. The molecule has 0 bridgehead atoms. The van der Waals surface area contributed by atoms with Crippen molar-refractivity contribution in [2.75, 3.05) is 18.5 Å². The van der Waals surface area contributed by atoms with E-state index in [0.29, 0.717) is 30.3 Å². The number of aromatic carboxylic acids is 1. The smallest absolute Gasteiger partial charge is 0.339 e. The second-order valence-corrected chi connectivity index (χ2v) is 5.09. The summed E-state index contributed by atoms with van der Waals surface area (Å²) in [7, 11) is 0. The fraction of sp³-hybridized carbons (Fsp3) is 0.643. The number of nitrogens with one attached hydrogen (secondary N) is 1. The summed E-state index contributed by atoms with van der Waals surface area (Å²) in [6.45, 7) is 10.6. The van der Waals surface area contributed by atoms with Crippen molar-refractivity contribution in [2.45, 2.75) is 40.7 Å². The fourth-order valence-electron chi connectivity index (χ4n) is 1.79. The fourth-order valence-corrected chi connectivity index (χ4v) is 1.79. The molecule has 0 spiro atoms. The maximum atomic E-state index is 11.4. The van der Waals surface area contributed by atoms with Gasteiger partial charge in [0.25, 0.3) is 0 Å². The summed E-state index contributed by atoms with van der Waals surface area (Å²) >= 11 is 0. The minimum absolute atomic E-state index is 0.00976. The van der Waals surface area contributed by atoms with Crippen LogP contribution in [0.1, 0.15) is 42.4 Å². The molecule has 112 valence electrons. The first-order chi connectivity index (χ1) is 9.38. The van der Waals surface area contributed by atoms with Crippen LogP contribution in [0.5, 0.6) is 0 Å². The molecule has 1 atom stereocenters. The molecule has 0 aliphatic rings. The lowest BCUT2D eigenvalue weighted by molar-refractivity contribution is 0.0696. The largest absolute Gasteiger partial charge is 0.478 e. The van der Waals surface area contributed by atoms with Crippen molar-refractivity contribution in [1.82, 2.24) is 10.2 Å². The minimum atomic E-state index is -0.998. The van der Waals surface area contributed by atoms with Crippen LogP contribution in [0.2, 0.25) is 0 Å². The molecule has 1 aromatic rings. The van der Waals surface area contributed by atoms with E-state index in [9.17, 15) is 9.90 Å². The summed E-state index contributed by atoms with van der Waals surface area (Å²) in [5.74, 6) is -0.410. The molecule has 1 rings (SSSR count). The predicted molar refractivity (Wildman–Crippen MR) is 77.2 cm³/mol. The van der Waals surface area contributed by atoms with Gasteiger partial charge in [0, 0.05) is 6.61 Å². The Morgan fingerprint density at radius 3 is 2.50 bits per heavy atom. The topological polar surface area (TPSA) is 84.3 Å². The highest BCUT2D eigenvalue weighted by atomic mass is 16.5. The van der Waals surface area contributed by atoms with E-state index in [0.717, 1.165) is 0 Å². The summed E-state index contributed by atoms with van der Waals surface area (Å²) in [5.41, 5.74) is 1.44. The van der Waals surface area contributed by atoms with Gasteiger partial charge in [0.2, 0.25) is 0 Å². The van der Waals surface area contributed by atoms with Crippen molar-refractivity contribution in [3.63, 3.8) is 0 Å². The Labute approximate surface area is 119 Å². The highest BCUT2D eigenvalue weighted by molar-refractivity contribution is 5.94. The lowest BCUT2D eigenvalue weighted by Gasteiger charge is -2.23. The van der Waals surface area contributed by atoms with Crippen molar-refractivity contribution in [1.29, 1.82) is 0 Å². The molecule has 0 amide bonds. The summed E-state index contributed by atoms with van der Waals surface area (Å²) in [6, 6.07) is -0.00976. The molecule has 0 fully saturated rings. The Morgan fingerprint density at radius 1 is 1.35 bits per heavy atom. The van der Waals surface area contributed by atoms with Gasteiger partial charge in [-0.3, -0.25) is 0 Å². The Hall–Kier alpha value is -1.69. The van der Waals surface area contributed by atoms with Crippen molar-refractivity contribution >= 4 is 11.8 Å². The van der Waals surface area contributed by atoms with Crippen molar-refractivity contribution in [3.05, 3.63) is 16.8 Å². The number of aromatic nitrogens is 2. The van der Waals surface area contributed by atoms with Gasteiger partial charge >= 0.3 is 5.97 Å². The zero-order chi connectivity index (χ0) is 15.3. The van der Waals surface area contributed by atoms with Gasteiger partial charge in [-0.05, 0) is 32.3 Å². The van der Waals surface area contributed by atoms with E-state index in [1.165, 1.54) is 0 Å². The van der Waals surface area contributed by atoms with Gasteiger partial charge in [0.1, 0.15) is 5.56 Å². The molecular weight excluding hydrogens is 258 g/mol. The van der Waals surface area contributed by atoms with Gasteiger partial charge in [-0.2, -0.15) is 5.10 Å². The first-order valence-corrected chi connectivity index (χ1v) is 6.79. The van der Waals surface area contributed by atoms with Crippen LogP contribution < -0.4 is 5.32 Å². The number of anilines is 1. The van der Waals surface area contributed by atoms with Crippen LogP contribution >= 0.6 is 0 Å². The normalized spacial score (nSPS) is 12.5. The van der Waals surface area contributed by atoms with E-state index in [1.54, 1.807) is 13.8 Å². The van der Waals surface area contributed by atoms with Crippen molar-refractivity contribution in [3.8, 4) is 0 Å². The van der Waals surface area contributed by atoms with Crippen LogP contribution in [0.25, 0.3) is 0 Å². The molecule has 0 aromatic carbocycles. The SMILES string of the molecule is CCOCC(Nc1nnc(C)c(C)c1C(=O)O)C(C)C. The van der Waals surface area contributed by atoms with Gasteiger partial charge in [0.05, 0.1) is 18.3 Å². The number of hydrogen-bond acceptors (Lipinski definition) is 5. The number of carboxylic acids is 1. The molecule has 0 saturated heterocycles. The van der Waals surface area contributed by atoms with Crippen LogP contribution in [0.15, 0.2) is 0 Å². The quantitative estimate of drug-likeness (QED) is 0.797. The number of hydrogen-bond donors (Lipinski definition) is 2. The first kappa shape index (κ1) is 16.4. The highest BCUT2D eigenvalue weighted by Gasteiger charge is 2.21. The van der Waals surface area contributed by atoms with E-state index >= 15 is 0 Å². The molecular formula is C14H23N3O3. The van der Waals surface area contributed by atoms with E-state index in [-0.39, 0.29) is 17.5 Å². The van der Waals surface area contributed by atoms with Gasteiger partial charge in [-0.1, -0.05) is 13.8 Å². The summed E-state index contributed by atoms with van der Waals surface area (Å²) in [5, 5.41) is 20.5. The highest BCUT2D eigenvalue weighted by Crippen LogP contribution is 2.20. The molecule has 2 N–H and O–H groups in total. The summed E-state index contributed by atoms with van der Waals surface area (Å²) < 4.78 is 5.43. The number of ether oxygens (including phenoxy) is 1. The molecule has 6 heteroatoms. The second kappa shape index (κ2) is 7.19. The monoisotopic (exact) mass is 281 g/mol. The standard InChI is InChI=1S/C14H23N3O3/c1-6-20-7-11(8(2)3)15-13-12(14(18)19)9(4)10(5)16-17-13/h8,11H,6-7H2,1-5H3,(H,15,17)(H,18,19). The van der Waals surface area contributed by atoms with Crippen LogP contribution in [-0.4, -0.2) is 40.5 Å². The Bertz CT molecular complexity index is 475. The van der Waals surface area contributed by atoms with E-state index in [4.69, 9.17) is 4.74 Å². The molecule has 0 saturated carbocycles. The molecule has 1 aromatic heterocycles. The Morgan fingerprint density at radius 2 is 2.00 bits per heavy atom. The number of aryl methyl sites for hydroxylation is 1. The van der Waals surface area contributed by atoms with E-state index < -0.39 is 5.97 Å². The van der Waals surface area contributed by atoms with Gasteiger partial charge in [-0.15, -0.1) is 5.10 Å². The Kier molecular flexibility index (Phi) is 5.88. The van der Waals surface area contributed by atoms with E-state index in [1.807, 2.05) is 20.8 Å². The zero-order valence-corrected chi connectivity index (χ0v) is 12.7. The van der Waals surface area contributed by atoms with Crippen LogP contribution in [-0.2, 0) is 4.74 Å². The third-order valence-electron chi connectivity index (χ3n) is 3.30. The van der Waals surface area contributed by atoms with Gasteiger partial charge in [0.15, 0.2) is 5.82 Å². The maximum Gasteiger partial charge on any atom is 0.339 e.